The number of rotatable bonds is 4. The first kappa shape index (κ1) is 18.6. The second-order valence-corrected chi connectivity index (χ2v) is 6.09. The van der Waals surface area contributed by atoms with Crippen molar-refractivity contribution in [2.45, 2.75) is 32.2 Å². The molecule has 1 saturated heterocycles. The summed E-state index contributed by atoms with van der Waals surface area (Å²) in [6.45, 7) is 3.69. The van der Waals surface area contributed by atoms with E-state index in [9.17, 15) is 4.79 Å². The van der Waals surface area contributed by atoms with Crippen molar-refractivity contribution >= 4 is 18.3 Å². The van der Waals surface area contributed by atoms with E-state index in [4.69, 9.17) is 4.42 Å². The maximum atomic E-state index is 12.6. The number of halogens is 1. The van der Waals surface area contributed by atoms with Crippen LogP contribution in [0.1, 0.15) is 35.9 Å². The molecule has 1 unspecified atom stereocenters. The number of furan rings is 1. The second kappa shape index (κ2) is 8.36. The molecule has 1 fully saturated rings. The van der Waals surface area contributed by atoms with Crippen molar-refractivity contribution in [1.29, 1.82) is 0 Å². The van der Waals surface area contributed by atoms with Gasteiger partial charge in [0.25, 0.3) is 5.91 Å². The lowest BCUT2D eigenvalue weighted by Gasteiger charge is -2.31. The third-order valence-corrected chi connectivity index (χ3v) is 4.58. The van der Waals surface area contributed by atoms with Crippen molar-refractivity contribution in [2.24, 2.45) is 0 Å². The van der Waals surface area contributed by atoms with E-state index in [2.05, 4.69) is 24.4 Å². The van der Waals surface area contributed by atoms with E-state index in [1.54, 1.807) is 6.07 Å². The number of carbonyl (C=O) groups excluding carboxylic acids is 1. The van der Waals surface area contributed by atoms with Gasteiger partial charge in [0.05, 0.1) is 0 Å². The number of hydrogen-bond acceptors (Lipinski definition) is 3. The van der Waals surface area contributed by atoms with E-state index in [-0.39, 0.29) is 18.3 Å². The number of hydrogen-bond donors (Lipinski definition) is 1. The predicted octanol–water partition coefficient (Wildman–Crippen LogP) is 3.75. The summed E-state index contributed by atoms with van der Waals surface area (Å²) >= 11 is 0. The second-order valence-electron chi connectivity index (χ2n) is 6.09. The molecule has 1 aliphatic rings. The van der Waals surface area contributed by atoms with Crippen molar-refractivity contribution in [2.75, 3.05) is 20.1 Å². The summed E-state index contributed by atoms with van der Waals surface area (Å²) in [6.07, 6.45) is 3.17. The average molecular weight is 349 g/mol. The molecule has 0 aliphatic carbocycles. The SMILES string of the molecule is CCc1ccc(-c2ccc(C(=O)N3CCCC(NC)C3)o2)cc1.Cl. The van der Waals surface area contributed by atoms with Crippen LogP contribution in [0.5, 0.6) is 0 Å². The van der Waals surface area contributed by atoms with E-state index in [0.29, 0.717) is 11.8 Å². The van der Waals surface area contributed by atoms with Gasteiger partial charge in [-0.2, -0.15) is 0 Å². The molecule has 1 aliphatic heterocycles. The first-order valence-corrected chi connectivity index (χ1v) is 8.37. The molecule has 0 radical (unpaired) electrons. The maximum absolute atomic E-state index is 12.6. The molecule has 1 amide bonds. The lowest BCUT2D eigenvalue weighted by Crippen LogP contribution is -2.46. The van der Waals surface area contributed by atoms with Crippen LogP contribution in [0.15, 0.2) is 40.8 Å². The van der Waals surface area contributed by atoms with Gasteiger partial charge in [-0.25, -0.2) is 0 Å². The lowest BCUT2D eigenvalue weighted by atomic mass is 10.1. The minimum absolute atomic E-state index is 0. The third kappa shape index (κ3) is 4.00. The summed E-state index contributed by atoms with van der Waals surface area (Å²) in [5.41, 5.74) is 2.30. The van der Waals surface area contributed by atoms with Crippen LogP contribution in [0.4, 0.5) is 0 Å². The lowest BCUT2D eigenvalue weighted by molar-refractivity contribution is 0.0667. The van der Waals surface area contributed by atoms with Crippen LogP contribution in [0.2, 0.25) is 0 Å². The van der Waals surface area contributed by atoms with Crippen molar-refractivity contribution in [3.8, 4) is 11.3 Å². The topological polar surface area (TPSA) is 45.5 Å². The Kier molecular flexibility index (Phi) is 6.46. The molecule has 1 aromatic carbocycles. The highest BCUT2D eigenvalue weighted by Crippen LogP contribution is 2.24. The van der Waals surface area contributed by atoms with Crippen LogP contribution in [-0.2, 0) is 6.42 Å². The average Bonchev–Trinajstić information content (AvgIpc) is 3.11. The van der Waals surface area contributed by atoms with E-state index in [1.807, 2.05) is 30.1 Å². The van der Waals surface area contributed by atoms with E-state index in [1.165, 1.54) is 5.56 Å². The van der Waals surface area contributed by atoms with Crippen molar-refractivity contribution in [3.05, 3.63) is 47.7 Å². The molecule has 2 heterocycles. The Morgan fingerprint density at radius 2 is 2.00 bits per heavy atom. The summed E-state index contributed by atoms with van der Waals surface area (Å²) in [4.78, 5) is 14.5. The van der Waals surface area contributed by atoms with Crippen molar-refractivity contribution in [3.63, 3.8) is 0 Å². The summed E-state index contributed by atoms with van der Waals surface area (Å²) in [5, 5.41) is 3.26. The van der Waals surface area contributed by atoms with Gasteiger partial charge in [0.15, 0.2) is 5.76 Å². The molecule has 4 nitrogen and oxygen atoms in total. The smallest absolute Gasteiger partial charge is 0.289 e. The molecule has 130 valence electrons. The molecule has 0 saturated carbocycles. The zero-order chi connectivity index (χ0) is 16.2. The van der Waals surface area contributed by atoms with Crippen LogP contribution in [0.25, 0.3) is 11.3 Å². The first-order valence-electron chi connectivity index (χ1n) is 8.37. The highest BCUT2D eigenvalue weighted by molar-refractivity contribution is 5.92. The van der Waals surface area contributed by atoms with Gasteiger partial charge in [0, 0.05) is 24.7 Å². The molecule has 2 aromatic rings. The molecule has 24 heavy (non-hydrogen) atoms. The summed E-state index contributed by atoms with van der Waals surface area (Å²) in [5.74, 6) is 1.16. The number of carbonyl (C=O) groups is 1. The number of likely N-dealkylation sites (N-methyl/N-ethyl adjacent to an activating group) is 1. The molecule has 1 atom stereocenters. The molecule has 1 aromatic heterocycles. The van der Waals surface area contributed by atoms with Crippen LogP contribution in [0, 0.1) is 0 Å². The Morgan fingerprint density at radius 3 is 2.67 bits per heavy atom. The fourth-order valence-electron chi connectivity index (χ4n) is 3.07. The summed E-state index contributed by atoms with van der Waals surface area (Å²) in [6, 6.07) is 12.3. The van der Waals surface area contributed by atoms with Crippen LogP contribution < -0.4 is 5.32 Å². The first-order chi connectivity index (χ1) is 11.2. The Balaban J connectivity index is 0.00000208. The van der Waals surface area contributed by atoms with Crippen molar-refractivity contribution < 1.29 is 9.21 Å². The van der Waals surface area contributed by atoms with Gasteiger partial charge in [-0.15, -0.1) is 12.4 Å². The fourth-order valence-corrected chi connectivity index (χ4v) is 3.07. The number of benzene rings is 1. The molecular weight excluding hydrogens is 324 g/mol. The summed E-state index contributed by atoms with van der Waals surface area (Å²) in [7, 11) is 1.95. The van der Waals surface area contributed by atoms with Crippen molar-refractivity contribution in [1.82, 2.24) is 10.2 Å². The largest absolute Gasteiger partial charge is 0.451 e. The molecule has 3 rings (SSSR count). The molecular formula is C19H25ClN2O2. The summed E-state index contributed by atoms with van der Waals surface area (Å²) < 4.78 is 5.82. The number of nitrogens with zero attached hydrogens (tertiary/aromatic N) is 1. The number of nitrogens with one attached hydrogen (secondary N) is 1. The number of aryl methyl sites for hydroxylation is 1. The Bertz CT molecular complexity index is 666. The molecule has 5 heteroatoms. The maximum Gasteiger partial charge on any atom is 0.289 e. The Hall–Kier alpha value is -1.78. The highest BCUT2D eigenvalue weighted by Gasteiger charge is 2.25. The Labute approximate surface area is 149 Å². The minimum atomic E-state index is -0.0126. The van der Waals surface area contributed by atoms with Crippen LogP contribution >= 0.6 is 12.4 Å². The molecule has 0 bridgehead atoms. The van der Waals surface area contributed by atoms with Gasteiger partial charge in [-0.3, -0.25) is 4.79 Å². The standard InChI is InChI=1S/C19H24N2O2.ClH/c1-3-14-6-8-15(9-7-14)17-10-11-18(23-17)19(22)21-12-4-5-16(13-21)20-2;/h6-11,16,20H,3-5,12-13H2,1-2H3;1H. The monoisotopic (exact) mass is 348 g/mol. The zero-order valence-electron chi connectivity index (χ0n) is 14.2. The third-order valence-electron chi connectivity index (χ3n) is 4.58. The normalized spacial score (nSPS) is 17.4. The highest BCUT2D eigenvalue weighted by atomic mass is 35.5. The Morgan fingerprint density at radius 1 is 1.25 bits per heavy atom. The number of likely N-dealkylation sites (tertiary alicyclic amines) is 1. The van der Waals surface area contributed by atoms with E-state index < -0.39 is 0 Å². The number of amides is 1. The van der Waals surface area contributed by atoms with Gasteiger partial charge < -0.3 is 14.6 Å². The fraction of sp³-hybridized carbons (Fsp3) is 0.421. The van der Waals surface area contributed by atoms with Gasteiger partial charge >= 0.3 is 0 Å². The predicted molar refractivity (Wildman–Crippen MR) is 98.8 cm³/mol. The van der Waals surface area contributed by atoms with Gasteiger partial charge in [0.2, 0.25) is 0 Å². The van der Waals surface area contributed by atoms with Gasteiger partial charge in [-0.1, -0.05) is 31.2 Å². The quantitative estimate of drug-likeness (QED) is 0.915. The molecule has 1 N–H and O–H groups in total. The molecule has 0 spiro atoms. The number of piperidine rings is 1. The van der Waals surface area contributed by atoms with Gasteiger partial charge in [-0.05, 0) is 44.0 Å². The van der Waals surface area contributed by atoms with E-state index in [0.717, 1.165) is 43.7 Å². The van der Waals surface area contributed by atoms with Crippen LogP contribution in [0.3, 0.4) is 0 Å². The van der Waals surface area contributed by atoms with Gasteiger partial charge in [0.1, 0.15) is 5.76 Å². The minimum Gasteiger partial charge on any atom is -0.451 e. The van der Waals surface area contributed by atoms with E-state index >= 15 is 0 Å². The van der Waals surface area contributed by atoms with Crippen LogP contribution in [-0.4, -0.2) is 37.0 Å². The zero-order valence-corrected chi connectivity index (χ0v) is 15.1.